The molecule has 2 heterocycles. The minimum absolute atomic E-state index is 0. The number of halogens is 1. The molecule has 1 aromatic carbocycles. The maximum atomic E-state index is 5.33. The van der Waals surface area contributed by atoms with E-state index in [-0.39, 0.29) is 24.0 Å². The number of guanidine groups is 1. The predicted octanol–water partition coefficient (Wildman–Crippen LogP) is 2.25. The van der Waals surface area contributed by atoms with E-state index in [1.807, 2.05) is 7.05 Å². The normalized spacial score (nSPS) is 20.0. The van der Waals surface area contributed by atoms with Crippen LogP contribution in [0, 0.1) is 0 Å². The number of nitrogens with one attached hydrogen (secondary N) is 2. The van der Waals surface area contributed by atoms with Gasteiger partial charge >= 0.3 is 0 Å². The van der Waals surface area contributed by atoms with Crippen LogP contribution in [-0.2, 0) is 0 Å². The van der Waals surface area contributed by atoms with Gasteiger partial charge in [-0.1, -0.05) is 12.1 Å². The van der Waals surface area contributed by atoms with Crippen molar-refractivity contribution in [3.63, 3.8) is 0 Å². The molecule has 2 fully saturated rings. The molecule has 8 heteroatoms. The molecule has 1 aromatic rings. The van der Waals surface area contributed by atoms with Gasteiger partial charge in [0.2, 0.25) is 0 Å². The van der Waals surface area contributed by atoms with Crippen LogP contribution in [0.5, 0.6) is 5.75 Å². The van der Waals surface area contributed by atoms with Crippen LogP contribution in [0.1, 0.15) is 30.9 Å². The van der Waals surface area contributed by atoms with E-state index < -0.39 is 0 Å². The summed E-state index contributed by atoms with van der Waals surface area (Å²) in [6.07, 6.45) is 3.82. The molecule has 7 nitrogen and oxygen atoms in total. The molecule has 1 unspecified atom stereocenters. The summed E-state index contributed by atoms with van der Waals surface area (Å²) in [6, 6.07) is 8.85. The number of hydrogen-bond donors (Lipinski definition) is 2. The second-order valence-electron chi connectivity index (χ2n) is 8.41. The van der Waals surface area contributed by atoms with E-state index in [9.17, 15) is 0 Å². The number of benzene rings is 1. The van der Waals surface area contributed by atoms with Crippen LogP contribution in [0.25, 0.3) is 0 Å². The van der Waals surface area contributed by atoms with Crippen LogP contribution in [-0.4, -0.2) is 101 Å². The van der Waals surface area contributed by atoms with E-state index in [0.29, 0.717) is 6.04 Å². The molecule has 0 amide bonds. The highest BCUT2D eigenvalue weighted by Gasteiger charge is 2.23. The van der Waals surface area contributed by atoms with Gasteiger partial charge in [-0.05, 0) is 70.2 Å². The largest absolute Gasteiger partial charge is 0.497 e. The fourth-order valence-corrected chi connectivity index (χ4v) is 4.41. The molecule has 1 atom stereocenters. The number of nitrogens with zero attached hydrogens (tertiary/aromatic N) is 4. The van der Waals surface area contributed by atoms with Crippen molar-refractivity contribution in [2.45, 2.75) is 25.3 Å². The predicted molar refractivity (Wildman–Crippen MR) is 140 cm³/mol. The van der Waals surface area contributed by atoms with Gasteiger partial charge in [-0.2, -0.15) is 0 Å². The fraction of sp³-hybridized carbons (Fsp3) is 0.696. The quantitative estimate of drug-likeness (QED) is 0.298. The van der Waals surface area contributed by atoms with Gasteiger partial charge in [-0.25, -0.2) is 0 Å². The molecule has 0 radical (unpaired) electrons. The van der Waals surface area contributed by atoms with Crippen LogP contribution < -0.4 is 15.4 Å². The van der Waals surface area contributed by atoms with E-state index >= 15 is 0 Å². The number of ether oxygens (including phenoxy) is 1. The second-order valence-corrected chi connectivity index (χ2v) is 8.41. The van der Waals surface area contributed by atoms with Crippen molar-refractivity contribution >= 4 is 29.9 Å². The van der Waals surface area contributed by atoms with Gasteiger partial charge in [0.1, 0.15) is 5.75 Å². The zero-order chi connectivity index (χ0) is 21.2. The molecule has 2 N–H and O–H groups in total. The van der Waals surface area contributed by atoms with E-state index in [0.717, 1.165) is 57.5 Å². The Morgan fingerprint density at radius 1 is 1.00 bits per heavy atom. The van der Waals surface area contributed by atoms with Crippen molar-refractivity contribution < 1.29 is 4.74 Å². The molecule has 31 heavy (non-hydrogen) atoms. The molecule has 0 saturated carbocycles. The first-order valence-electron chi connectivity index (χ1n) is 11.4. The highest BCUT2D eigenvalue weighted by atomic mass is 127. The first-order chi connectivity index (χ1) is 14.7. The van der Waals surface area contributed by atoms with Crippen molar-refractivity contribution in [3.8, 4) is 5.75 Å². The van der Waals surface area contributed by atoms with Gasteiger partial charge < -0.3 is 25.2 Å². The highest BCUT2D eigenvalue weighted by molar-refractivity contribution is 14.0. The van der Waals surface area contributed by atoms with Crippen LogP contribution in [0.3, 0.4) is 0 Å². The summed E-state index contributed by atoms with van der Waals surface area (Å²) in [5, 5.41) is 7.08. The third-order valence-corrected chi connectivity index (χ3v) is 6.30. The van der Waals surface area contributed by atoms with Crippen molar-refractivity contribution in [1.82, 2.24) is 25.3 Å². The number of aliphatic imine (C=N–C) groups is 1. The van der Waals surface area contributed by atoms with Crippen molar-refractivity contribution in [2.75, 3.05) is 80.1 Å². The summed E-state index contributed by atoms with van der Waals surface area (Å²) >= 11 is 0. The molecule has 2 aliphatic rings. The number of rotatable bonds is 8. The van der Waals surface area contributed by atoms with Crippen molar-refractivity contribution in [2.24, 2.45) is 4.99 Å². The van der Waals surface area contributed by atoms with Gasteiger partial charge in [-0.15, -0.1) is 24.0 Å². The molecular formula is C23H41IN6O. The first-order valence-corrected chi connectivity index (χ1v) is 11.4. The Hall–Kier alpha value is -1.10. The average Bonchev–Trinajstić information content (AvgIpc) is 3.22. The Morgan fingerprint density at radius 2 is 1.74 bits per heavy atom. The Kier molecular flexibility index (Phi) is 11.9. The van der Waals surface area contributed by atoms with Gasteiger partial charge in [-0.3, -0.25) is 9.89 Å². The minimum atomic E-state index is 0. The fourth-order valence-electron chi connectivity index (χ4n) is 4.41. The zero-order valence-electron chi connectivity index (χ0n) is 19.5. The SMILES string of the molecule is CN=C(NCCN1CCCN(C)CC1)NCC(c1ccc(OC)cc1)N1CCCC1.I. The molecular weight excluding hydrogens is 503 g/mol. The molecule has 176 valence electrons. The molecule has 2 saturated heterocycles. The summed E-state index contributed by atoms with van der Waals surface area (Å²) in [7, 11) is 5.79. The Labute approximate surface area is 205 Å². The van der Waals surface area contributed by atoms with Crippen LogP contribution in [0.15, 0.2) is 29.3 Å². The third-order valence-electron chi connectivity index (χ3n) is 6.30. The number of likely N-dealkylation sites (tertiary alicyclic amines) is 1. The van der Waals surface area contributed by atoms with Gasteiger partial charge in [0, 0.05) is 39.8 Å². The van der Waals surface area contributed by atoms with Crippen LogP contribution in [0.2, 0.25) is 0 Å². The summed E-state index contributed by atoms with van der Waals surface area (Å²) < 4.78 is 5.33. The van der Waals surface area contributed by atoms with E-state index in [4.69, 9.17) is 4.74 Å². The standard InChI is InChI=1S/C23H40N6O.HI/c1-24-23(25-11-16-28-13-6-12-27(2)17-18-28)26-19-22(29-14-4-5-15-29)20-7-9-21(30-3)10-8-20;/h7-10,22H,4-6,11-19H2,1-3H3,(H2,24,25,26);1H. The smallest absolute Gasteiger partial charge is 0.191 e. The first kappa shape index (κ1) is 26.2. The molecule has 3 rings (SSSR count). The molecule has 0 bridgehead atoms. The molecule has 0 spiro atoms. The number of hydrogen-bond acceptors (Lipinski definition) is 5. The average molecular weight is 545 g/mol. The summed E-state index contributed by atoms with van der Waals surface area (Å²) in [5.74, 6) is 1.80. The molecule has 0 aliphatic carbocycles. The highest BCUT2D eigenvalue weighted by Crippen LogP contribution is 2.26. The van der Waals surface area contributed by atoms with Gasteiger partial charge in [0.05, 0.1) is 13.2 Å². The summed E-state index contributed by atoms with van der Waals surface area (Å²) in [6.45, 7) is 9.85. The van der Waals surface area contributed by atoms with E-state index in [1.54, 1.807) is 7.11 Å². The molecule has 2 aliphatic heterocycles. The van der Waals surface area contributed by atoms with E-state index in [2.05, 4.69) is 61.6 Å². The maximum absolute atomic E-state index is 5.33. The summed E-state index contributed by atoms with van der Waals surface area (Å²) in [4.78, 5) is 12.0. The molecule has 0 aromatic heterocycles. The monoisotopic (exact) mass is 544 g/mol. The maximum Gasteiger partial charge on any atom is 0.191 e. The lowest BCUT2D eigenvalue weighted by molar-refractivity contribution is 0.245. The zero-order valence-corrected chi connectivity index (χ0v) is 21.8. The Morgan fingerprint density at radius 3 is 2.42 bits per heavy atom. The second kappa shape index (κ2) is 14.1. The lowest BCUT2D eigenvalue weighted by atomic mass is 10.1. The van der Waals surface area contributed by atoms with Crippen LogP contribution in [0.4, 0.5) is 0 Å². The van der Waals surface area contributed by atoms with Gasteiger partial charge in [0.25, 0.3) is 0 Å². The van der Waals surface area contributed by atoms with Crippen molar-refractivity contribution in [3.05, 3.63) is 29.8 Å². The topological polar surface area (TPSA) is 55.4 Å². The summed E-state index contributed by atoms with van der Waals surface area (Å²) in [5.41, 5.74) is 1.33. The lowest BCUT2D eigenvalue weighted by Crippen LogP contribution is -2.45. The van der Waals surface area contributed by atoms with E-state index in [1.165, 1.54) is 37.9 Å². The number of likely N-dealkylation sites (N-methyl/N-ethyl adjacent to an activating group) is 1. The Bertz CT molecular complexity index is 650. The van der Waals surface area contributed by atoms with Gasteiger partial charge in [0.15, 0.2) is 5.96 Å². The number of methoxy groups -OCH3 is 1. The lowest BCUT2D eigenvalue weighted by Gasteiger charge is -2.29. The van der Waals surface area contributed by atoms with Crippen molar-refractivity contribution in [1.29, 1.82) is 0 Å². The van der Waals surface area contributed by atoms with Crippen LogP contribution >= 0.6 is 24.0 Å². The Balaban J connectivity index is 0.00000341. The third kappa shape index (κ3) is 8.40. The minimum Gasteiger partial charge on any atom is -0.497 e.